The second-order valence-electron chi connectivity index (χ2n) is 7.89. The number of thiazole rings is 1. The highest BCUT2D eigenvalue weighted by molar-refractivity contribution is 7.15. The molecule has 1 fully saturated rings. The number of aromatic nitrogens is 2. The van der Waals surface area contributed by atoms with Crippen LogP contribution >= 0.6 is 11.3 Å². The molecular formula is C17H25N5O4S. The number of rotatable bonds is 4. The molecule has 3 rings (SSSR count). The van der Waals surface area contributed by atoms with Gasteiger partial charge < -0.3 is 24.7 Å². The van der Waals surface area contributed by atoms with E-state index in [0.29, 0.717) is 23.9 Å². The number of amides is 1. The van der Waals surface area contributed by atoms with Crippen molar-refractivity contribution in [3.05, 3.63) is 21.7 Å². The van der Waals surface area contributed by atoms with Crippen LogP contribution in [0.1, 0.15) is 33.6 Å². The summed E-state index contributed by atoms with van der Waals surface area (Å²) in [5, 5.41) is 13.4. The predicted molar refractivity (Wildman–Crippen MR) is 104 cm³/mol. The van der Waals surface area contributed by atoms with Crippen LogP contribution in [0.5, 0.6) is 0 Å². The summed E-state index contributed by atoms with van der Waals surface area (Å²) < 4.78 is 6.93. The summed E-state index contributed by atoms with van der Waals surface area (Å²) in [7, 11) is 1.72. The highest BCUT2D eigenvalue weighted by Crippen LogP contribution is 2.33. The van der Waals surface area contributed by atoms with E-state index in [9.17, 15) is 14.9 Å². The summed E-state index contributed by atoms with van der Waals surface area (Å²) >= 11 is 1.38. The number of carbonyl (C=O) groups excluding carboxylic acids is 1. The molecule has 1 amide bonds. The van der Waals surface area contributed by atoms with Crippen LogP contribution in [0.4, 0.5) is 16.4 Å². The van der Waals surface area contributed by atoms with Crippen LogP contribution in [0, 0.1) is 16.0 Å². The fourth-order valence-electron chi connectivity index (χ4n) is 3.35. The molecule has 0 aromatic carbocycles. The van der Waals surface area contributed by atoms with Crippen molar-refractivity contribution < 1.29 is 14.5 Å². The molecule has 148 valence electrons. The van der Waals surface area contributed by atoms with Crippen molar-refractivity contribution in [2.75, 3.05) is 31.6 Å². The van der Waals surface area contributed by atoms with Gasteiger partial charge >= 0.3 is 11.9 Å². The van der Waals surface area contributed by atoms with Crippen LogP contribution in [0.15, 0.2) is 11.6 Å². The Hall–Kier alpha value is -2.36. The maximum absolute atomic E-state index is 12.2. The summed E-state index contributed by atoms with van der Waals surface area (Å²) in [6.45, 7) is 7.40. The maximum atomic E-state index is 12.2. The van der Waals surface area contributed by atoms with Gasteiger partial charge in [-0.05, 0) is 44.5 Å². The zero-order valence-electron chi connectivity index (χ0n) is 16.0. The molecule has 1 atom stereocenters. The first-order chi connectivity index (χ1) is 12.7. The van der Waals surface area contributed by atoms with Gasteiger partial charge in [0, 0.05) is 32.1 Å². The Morgan fingerprint density at radius 3 is 2.93 bits per heavy atom. The average Bonchev–Trinajstić information content (AvgIpc) is 3.13. The van der Waals surface area contributed by atoms with Gasteiger partial charge in [0.1, 0.15) is 11.8 Å². The standard InChI is InChI=1S/C17H25N5O4S/c1-17(2,3)26-16(23)19(4)10-12-6-5-7-20(11-12)13-14(22(24)25)21-8-9-27-15(21)18-13/h8-9,12H,5-7,10-11H2,1-4H3. The molecule has 0 radical (unpaired) electrons. The third kappa shape index (κ3) is 4.32. The third-order valence-electron chi connectivity index (χ3n) is 4.45. The molecule has 1 unspecified atom stereocenters. The Morgan fingerprint density at radius 2 is 2.26 bits per heavy atom. The van der Waals surface area contributed by atoms with Crippen LogP contribution < -0.4 is 4.90 Å². The first-order valence-electron chi connectivity index (χ1n) is 8.94. The summed E-state index contributed by atoms with van der Waals surface area (Å²) in [5.41, 5.74) is -0.535. The molecule has 3 heterocycles. The smallest absolute Gasteiger partial charge is 0.410 e. The second kappa shape index (κ2) is 7.34. The minimum atomic E-state index is -0.535. The van der Waals surface area contributed by atoms with Crippen molar-refractivity contribution in [1.29, 1.82) is 0 Å². The molecular weight excluding hydrogens is 370 g/mol. The van der Waals surface area contributed by atoms with Crippen molar-refractivity contribution in [3.8, 4) is 0 Å². The lowest BCUT2D eigenvalue weighted by molar-refractivity contribution is -0.389. The number of nitro groups is 1. The van der Waals surface area contributed by atoms with E-state index in [-0.39, 0.29) is 22.8 Å². The highest BCUT2D eigenvalue weighted by atomic mass is 32.1. The van der Waals surface area contributed by atoms with Crippen LogP contribution in [0.3, 0.4) is 0 Å². The molecule has 0 spiro atoms. The maximum Gasteiger partial charge on any atom is 0.410 e. The van der Waals surface area contributed by atoms with Crippen LogP contribution in [-0.2, 0) is 4.74 Å². The number of imidazole rings is 1. The van der Waals surface area contributed by atoms with E-state index in [1.54, 1.807) is 23.5 Å². The molecule has 9 nitrogen and oxygen atoms in total. The van der Waals surface area contributed by atoms with E-state index < -0.39 is 5.60 Å². The van der Waals surface area contributed by atoms with Gasteiger partial charge in [0.2, 0.25) is 5.82 Å². The molecule has 1 aliphatic heterocycles. The zero-order valence-corrected chi connectivity index (χ0v) is 16.9. The second-order valence-corrected chi connectivity index (χ2v) is 8.76. The zero-order chi connectivity index (χ0) is 19.8. The van der Waals surface area contributed by atoms with Gasteiger partial charge in [-0.1, -0.05) is 11.3 Å². The fourth-order valence-corrected chi connectivity index (χ4v) is 4.06. The topological polar surface area (TPSA) is 93.2 Å². The first kappa shape index (κ1) is 19.4. The van der Waals surface area contributed by atoms with Gasteiger partial charge in [0.05, 0.1) is 0 Å². The van der Waals surface area contributed by atoms with Crippen molar-refractivity contribution in [3.63, 3.8) is 0 Å². The minimum Gasteiger partial charge on any atom is -0.444 e. The van der Waals surface area contributed by atoms with Gasteiger partial charge in [0.25, 0.3) is 4.96 Å². The molecule has 0 bridgehead atoms. The highest BCUT2D eigenvalue weighted by Gasteiger charge is 2.32. The summed E-state index contributed by atoms with van der Waals surface area (Å²) in [6.07, 6.45) is 3.18. The average molecular weight is 395 g/mol. The molecule has 2 aromatic rings. The number of nitrogens with zero attached hydrogens (tertiary/aromatic N) is 5. The fraction of sp³-hybridized carbons (Fsp3) is 0.647. The first-order valence-corrected chi connectivity index (χ1v) is 9.82. The molecule has 1 aliphatic rings. The van der Waals surface area contributed by atoms with Crippen molar-refractivity contribution >= 4 is 34.0 Å². The molecule has 10 heteroatoms. The molecule has 0 saturated carbocycles. The molecule has 0 N–H and O–H groups in total. The Bertz CT molecular complexity index is 840. The molecule has 27 heavy (non-hydrogen) atoms. The predicted octanol–water partition coefficient (Wildman–Crippen LogP) is 3.39. The quantitative estimate of drug-likeness (QED) is 0.582. The number of hydrogen-bond donors (Lipinski definition) is 0. The lowest BCUT2D eigenvalue weighted by atomic mass is 9.97. The van der Waals surface area contributed by atoms with Gasteiger partial charge in [-0.15, -0.1) is 0 Å². The normalized spacial score (nSPS) is 17.9. The van der Waals surface area contributed by atoms with Crippen molar-refractivity contribution in [2.45, 2.75) is 39.2 Å². The number of hydrogen-bond acceptors (Lipinski definition) is 7. The van der Waals surface area contributed by atoms with E-state index in [1.807, 2.05) is 25.7 Å². The van der Waals surface area contributed by atoms with Gasteiger partial charge in [-0.25, -0.2) is 4.79 Å². The van der Waals surface area contributed by atoms with Crippen molar-refractivity contribution in [1.82, 2.24) is 14.3 Å². The molecule has 0 aliphatic carbocycles. The number of ether oxygens (including phenoxy) is 1. The van der Waals surface area contributed by atoms with Crippen LogP contribution in [0.25, 0.3) is 4.96 Å². The van der Waals surface area contributed by atoms with Gasteiger partial charge in [0.15, 0.2) is 0 Å². The summed E-state index contributed by atoms with van der Waals surface area (Å²) in [6, 6.07) is 0. The summed E-state index contributed by atoms with van der Waals surface area (Å²) in [4.78, 5) is 32.0. The van der Waals surface area contributed by atoms with Crippen LogP contribution in [0.2, 0.25) is 0 Å². The van der Waals surface area contributed by atoms with E-state index >= 15 is 0 Å². The Labute approximate surface area is 161 Å². The van der Waals surface area contributed by atoms with E-state index in [4.69, 9.17) is 4.74 Å². The van der Waals surface area contributed by atoms with Crippen molar-refractivity contribution in [2.24, 2.45) is 5.92 Å². The van der Waals surface area contributed by atoms with E-state index in [2.05, 4.69) is 4.98 Å². The SMILES string of the molecule is CN(CC1CCCN(c2nc3sccn3c2[N+](=O)[O-])C1)C(=O)OC(C)(C)C. The van der Waals surface area contributed by atoms with Crippen LogP contribution in [-0.4, -0.2) is 57.6 Å². The largest absolute Gasteiger partial charge is 0.444 e. The lowest BCUT2D eigenvalue weighted by Gasteiger charge is -2.34. The summed E-state index contributed by atoms with van der Waals surface area (Å²) in [5.74, 6) is 0.625. The molecule has 1 saturated heterocycles. The number of anilines is 1. The van der Waals surface area contributed by atoms with E-state index in [1.165, 1.54) is 15.7 Å². The van der Waals surface area contributed by atoms with Gasteiger partial charge in [-0.3, -0.25) is 0 Å². The Morgan fingerprint density at radius 1 is 1.52 bits per heavy atom. The number of carbonyl (C=O) groups is 1. The van der Waals surface area contributed by atoms with Gasteiger partial charge in [-0.2, -0.15) is 9.38 Å². The molecule has 2 aromatic heterocycles. The monoisotopic (exact) mass is 395 g/mol. The lowest BCUT2D eigenvalue weighted by Crippen LogP contribution is -2.43. The van der Waals surface area contributed by atoms with E-state index in [0.717, 1.165) is 19.4 Å². The minimum absolute atomic E-state index is 0.00685. The number of fused-ring (bicyclic) bond motifs is 1. The third-order valence-corrected chi connectivity index (χ3v) is 5.20. The Kier molecular flexibility index (Phi) is 5.27. The number of piperidine rings is 1. The Balaban J connectivity index is 1.71.